The van der Waals surface area contributed by atoms with Gasteiger partial charge in [0.1, 0.15) is 12.4 Å². The molecule has 0 bridgehead atoms. The molecule has 0 aliphatic rings. The fourth-order valence-corrected chi connectivity index (χ4v) is 1.73. The summed E-state index contributed by atoms with van der Waals surface area (Å²) in [7, 11) is 0. The summed E-state index contributed by atoms with van der Waals surface area (Å²) >= 11 is 0. The van der Waals surface area contributed by atoms with E-state index in [2.05, 4.69) is 18.9 Å². The lowest BCUT2D eigenvalue weighted by Crippen LogP contribution is -2.10. The predicted molar refractivity (Wildman–Crippen MR) is 62.2 cm³/mol. The van der Waals surface area contributed by atoms with Crippen molar-refractivity contribution in [3.8, 4) is 0 Å². The molecule has 0 amide bonds. The van der Waals surface area contributed by atoms with Gasteiger partial charge in [-0.2, -0.15) is 5.10 Å². The second kappa shape index (κ2) is 6.25. The maximum Gasteiger partial charge on any atom is 0.306 e. The molecule has 0 unspecified atom stereocenters. The van der Waals surface area contributed by atoms with Gasteiger partial charge in [-0.25, -0.2) is 0 Å². The van der Waals surface area contributed by atoms with Gasteiger partial charge in [-0.1, -0.05) is 33.1 Å². The van der Waals surface area contributed by atoms with Crippen LogP contribution in [-0.2, 0) is 6.54 Å². The quantitative estimate of drug-likeness (QED) is 0.529. The molecule has 5 nitrogen and oxygen atoms in total. The van der Waals surface area contributed by atoms with Gasteiger partial charge in [0.05, 0.1) is 4.92 Å². The highest BCUT2D eigenvalue weighted by Crippen LogP contribution is 2.16. The smallest absolute Gasteiger partial charge is 0.265 e. The molecular formula is C11H19N3O2. The molecule has 1 heterocycles. The van der Waals surface area contributed by atoms with E-state index in [9.17, 15) is 10.1 Å². The first-order valence-corrected chi connectivity index (χ1v) is 5.84. The Kier molecular flexibility index (Phi) is 4.95. The van der Waals surface area contributed by atoms with Crippen LogP contribution in [-0.4, -0.2) is 14.7 Å². The monoisotopic (exact) mass is 225 g/mol. The van der Waals surface area contributed by atoms with E-state index >= 15 is 0 Å². The zero-order chi connectivity index (χ0) is 12.0. The van der Waals surface area contributed by atoms with Crippen molar-refractivity contribution >= 4 is 5.69 Å². The van der Waals surface area contributed by atoms with Crippen LogP contribution in [0, 0.1) is 16.0 Å². The first kappa shape index (κ1) is 12.7. The summed E-state index contributed by atoms with van der Waals surface area (Å²) in [5.41, 5.74) is 0.0744. The van der Waals surface area contributed by atoms with Gasteiger partial charge in [-0.15, -0.1) is 0 Å². The van der Waals surface area contributed by atoms with Gasteiger partial charge in [0.15, 0.2) is 0 Å². The number of unbranched alkanes of at least 4 members (excludes halogenated alkanes) is 1. The van der Waals surface area contributed by atoms with Gasteiger partial charge in [0.2, 0.25) is 0 Å². The third kappa shape index (κ3) is 3.64. The number of nitro groups is 1. The zero-order valence-corrected chi connectivity index (χ0v) is 9.93. The fraction of sp³-hybridized carbons (Fsp3) is 0.727. The highest BCUT2D eigenvalue weighted by atomic mass is 16.6. The van der Waals surface area contributed by atoms with E-state index in [-0.39, 0.29) is 5.69 Å². The van der Waals surface area contributed by atoms with Crippen molar-refractivity contribution in [3.05, 3.63) is 22.5 Å². The molecule has 5 heteroatoms. The third-order valence-corrected chi connectivity index (χ3v) is 2.82. The Morgan fingerprint density at radius 3 is 2.81 bits per heavy atom. The van der Waals surface area contributed by atoms with Crippen molar-refractivity contribution in [2.75, 3.05) is 0 Å². The van der Waals surface area contributed by atoms with Crippen LogP contribution in [0.3, 0.4) is 0 Å². The van der Waals surface area contributed by atoms with Crippen LogP contribution in [0.15, 0.2) is 12.4 Å². The molecule has 0 aromatic carbocycles. The number of nitrogens with zero attached hydrogens (tertiary/aromatic N) is 3. The summed E-state index contributed by atoms with van der Waals surface area (Å²) in [5.74, 6) is 0.569. The Morgan fingerprint density at radius 2 is 2.31 bits per heavy atom. The normalized spacial score (nSPS) is 12.6. The van der Waals surface area contributed by atoms with Crippen molar-refractivity contribution in [1.29, 1.82) is 0 Å². The third-order valence-electron chi connectivity index (χ3n) is 2.82. The number of hydrogen-bond acceptors (Lipinski definition) is 3. The average Bonchev–Trinajstić information content (AvgIpc) is 2.72. The molecule has 1 aromatic heterocycles. The standard InChI is InChI=1S/C11H19N3O2/c1-3-5-6-10(4-2)8-13-9-11(7-12-13)14(15)16/h7,9-10H,3-6,8H2,1-2H3/t10-/m0/s1. The highest BCUT2D eigenvalue weighted by Gasteiger charge is 2.12. The minimum Gasteiger partial charge on any atom is -0.265 e. The lowest BCUT2D eigenvalue weighted by atomic mass is 10.00. The van der Waals surface area contributed by atoms with Gasteiger partial charge in [-0.05, 0) is 12.3 Å². The Morgan fingerprint density at radius 1 is 1.56 bits per heavy atom. The van der Waals surface area contributed by atoms with E-state index in [1.807, 2.05) is 0 Å². The average molecular weight is 225 g/mol. The van der Waals surface area contributed by atoms with Crippen molar-refractivity contribution in [2.45, 2.75) is 46.1 Å². The summed E-state index contributed by atoms with van der Waals surface area (Å²) in [5, 5.41) is 14.5. The molecule has 16 heavy (non-hydrogen) atoms. The maximum atomic E-state index is 10.5. The number of hydrogen-bond donors (Lipinski definition) is 0. The molecule has 0 aliphatic carbocycles. The van der Waals surface area contributed by atoms with E-state index in [0.29, 0.717) is 5.92 Å². The van der Waals surface area contributed by atoms with Gasteiger partial charge >= 0.3 is 5.69 Å². The molecule has 0 N–H and O–H groups in total. The molecule has 0 radical (unpaired) electrons. The molecule has 1 aromatic rings. The van der Waals surface area contributed by atoms with E-state index in [4.69, 9.17) is 0 Å². The molecule has 1 atom stereocenters. The molecule has 0 saturated carbocycles. The summed E-state index contributed by atoms with van der Waals surface area (Å²) in [6.07, 6.45) is 7.48. The molecular weight excluding hydrogens is 206 g/mol. The Hall–Kier alpha value is -1.39. The minimum absolute atomic E-state index is 0.0744. The second-order valence-corrected chi connectivity index (χ2v) is 4.09. The van der Waals surface area contributed by atoms with E-state index in [1.54, 1.807) is 4.68 Å². The first-order chi connectivity index (χ1) is 7.67. The highest BCUT2D eigenvalue weighted by molar-refractivity contribution is 5.20. The Balaban J connectivity index is 2.52. The largest absolute Gasteiger partial charge is 0.306 e. The maximum absolute atomic E-state index is 10.5. The zero-order valence-electron chi connectivity index (χ0n) is 9.93. The van der Waals surface area contributed by atoms with E-state index < -0.39 is 4.92 Å². The van der Waals surface area contributed by atoms with Crippen LogP contribution in [0.1, 0.15) is 39.5 Å². The fourth-order valence-electron chi connectivity index (χ4n) is 1.73. The van der Waals surface area contributed by atoms with Crippen molar-refractivity contribution in [2.24, 2.45) is 5.92 Å². The number of aromatic nitrogens is 2. The lowest BCUT2D eigenvalue weighted by molar-refractivity contribution is -0.385. The summed E-state index contributed by atoms with van der Waals surface area (Å²) < 4.78 is 1.68. The topological polar surface area (TPSA) is 61.0 Å². The van der Waals surface area contributed by atoms with Crippen LogP contribution in [0.25, 0.3) is 0 Å². The van der Waals surface area contributed by atoms with Crippen LogP contribution in [0.5, 0.6) is 0 Å². The molecule has 0 fully saturated rings. The lowest BCUT2D eigenvalue weighted by Gasteiger charge is -2.13. The number of rotatable bonds is 7. The van der Waals surface area contributed by atoms with Crippen LogP contribution < -0.4 is 0 Å². The predicted octanol–water partition coefficient (Wildman–Crippen LogP) is 3.01. The molecule has 0 spiro atoms. The second-order valence-electron chi connectivity index (χ2n) is 4.09. The van der Waals surface area contributed by atoms with Crippen molar-refractivity contribution < 1.29 is 4.92 Å². The van der Waals surface area contributed by atoms with E-state index in [1.165, 1.54) is 31.7 Å². The van der Waals surface area contributed by atoms with Crippen LogP contribution >= 0.6 is 0 Å². The van der Waals surface area contributed by atoms with Gasteiger partial charge in [-0.3, -0.25) is 14.8 Å². The molecule has 0 aliphatic heterocycles. The first-order valence-electron chi connectivity index (χ1n) is 5.84. The summed E-state index contributed by atoms with van der Waals surface area (Å²) in [6.45, 7) is 5.11. The van der Waals surface area contributed by atoms with Crippen molar-refractivity contribution in [1.82, 2.24) is 9.78 Å². The van der Waals surface area contributed by atoms with Gasteiger partial charge in [0, 0.05) is 6.54 Å². The Labute approximate surface area is 95.6 Å². The summed E-state index contributed by atoms with van der Waals surface area (Å²) in [4.78, 5) is 10.1. The van der Waals surface area contributed by atoms with Crippen LogP contribution in [0.4, 0.5) is 5.69 Å². The van der Waals surface area contributed by atoms with Gasteiger partial charge < -0.3 is 0 Å². The van der Waals surface area contributed by atoms with Gasteiger partial charge in [0.25, 0.3) is 0 Å². The molecule has 90 valence electrons. The minimum atomic E-state index is -0.406. The van der Waals surface area contributed by atoms with Crippen molar-refractivity contribution in [3.63, 3.8) is 0 Å². The Bertz CT molecular complexity index is 336. The van der Waals surface area contributed by atoms with E-state index in [0.717, 1.165) is 13.0 Å². The SMILES string of the molecule is CCCC[C@H](CC)Cn1cc([N+](=O)[O-])cn1. The molecule has 0 saturated heterocycles. The molecule has 1 rings (SSSR count). The van der Waals surface area contributed by atoms with Crippen LogP contribution in [0.2, 0.25) is 0 Å². The summed E-state index contributed by atoms with van der Waals surface area (Å²) in [6, 6.07) is 0.